The number of ether oxygens (including phenoxy) is 1. The Morgan fingerprint density at radius 3 is 2.88 bits per heavy atom. The van der Waals surface area contributed by atoms with Gasteiger partial charge in [0, 0.05) is 31.2 Å². The number of aromatic nitrogens is 1. The van der Waals surface area contributed by atoms with Crippen LogP contribution in [0.1, 0.15) is 21.6 Å². The number of nitrogens with zero attached hydrogens (tertiary/aromatic N) is 3. The molecule has 0 bridgehead atoms. The third-order valence-corrected chi connectivity index (χ3v) is 3.91. The van der Waals surface area contributed by atoms with Crippen molar-refractivity contribution >= 4 is 23.4 Å². The number of methoxy groups -OCH3 is 1. The third kappa shape index (κ3) is 2.32. The first kappa shape index (κ1) is 15.4. The van der Waals surface area contributed by atoms with E-state index >= 15 is 0 Å². The number of nitrogen functional groups attached to an aromatic ring is 1. The first-order valence-electron chi connectivity index (χ1n) is 7.11. The maximum atomic E-state index is 12.0. The number of nitriles is 1. The van der Waals surface area contributed by atoms with Gasteiger partial charge in [0.15, 0.2) is 5.69 Å². The van der Waals surface area contributed by atoms with Crippen LogP contribution in [0.25, 0.3) is 5.69 Å². The zero-order valence-corrected chi connectivity index (χ0v) is 13.2. The largest absolute Gasteiger partial charge is 0.464 e. The van der Waals surface area contributed by atoms with Crippen molar-refractivity contribution in [3.63, 3.8) is 0 Å². The number of esters is 1. The van der Waals surface area contributed by atoms with Gasteiger partial charge in [0.2, 0.25) is 0 Å². The maximum Gasteiger partial charge on any atom is 0.357 e. The average Bonchev–Trinajstić information content (AvgIpc) is 2.91. The molecule has 0 atom stereocenters. The molecule has 0 radical (unpaired) electrons. The summed E-state index contributed by atoms with van der Waals surface area (Å²) in [5, 5.41) is 11.9. The van der Waals surface area contributed by atoms with E-state index in [9.17, 15) is 9.59 Å². The molecule has 1 aromatic heterocycles. The van der Waals surface area contributed by atoms with Gasteiger partial charge in [-0.15, -0.1) is 0 Å². The molecule has 0 aliphatic carbocycles. The second kappa shape index (κ2) is 5.62. The monoisotopic (exact) mass is 325 g/mol. The second-order valence-electron chi connectivity index (χ2n) is 5.41. The van der Waals surface area contributed by atoms with Crippen molar-refractivity contribution in [1.82, 2.24) is 9.47 Å². The third-order valence-electron chi connectivity index (χ3n) is 3.91. The number of nitrogens with one attached hydrogen (secondary N) is 1. The lowest BCUT2D eigenvalue weighted by Gasteiger charge is -2.26. The number of nitrogens with two attached hydrogens (primary N) is 1. The summed E-state index contributed by atoms with van der Waals surface area (Å²) in [5.74, 6) is -0.628. The molecule has 0 fully saturated rings. The Bertz CT molecular complexity index is 894. The molecular formula is C16H15N5O3. The SMILES string of the molecule is COC(=O)c1c(N)c(C#N)cn1-c1ccc2c(c1)CN(C)C(=O)N2. The van der Waals surface area contributed by atoms with E-state index in [1.54, 1.807) is 19.2 Å². The standard InChI is InChI=1S/C16H15N5O3/c1-20-7-9-5-11(3-4-12(9)19-16(20)23)21-8-10(6-17)13(18)14(21)15(22)24-2/h3-5,8H,7,18H2,1-2H3,(H,19,23). The van der Waals surface area contributed by atoms with Gasteiger partial charge < -0.3 is 25.3 Å². The van der Waals surface area contributed by atoms with E-state index < -0.39 is 5.97 Å². The molecule has 3 rings (SSSR count). The normalized spacial score (nSPS) is 13.0. The van der Waals surface area contributed by atoms with E-state index in [1.165, 1.54) is 22.8 Å². The molecule has 0 unspecified atom stereocenters. The summed E-state index contributed by atoms with van der Waals surface area (Å²) in [5.41, 5.74) is 8.51. The number of hydrogen-bond donors (Lipinski definition) is 2. The Balaban J connectivity index is 2.14. The van der Waals surface area contributed by atoms with Gasteiger partial charge in [0.05, 0.1) is 18.4 Å². The van der Waals surface area contributed by atoms with E-state index in [1.807, 2.05) is 12.1 Å². The quantitative estimate of drug-likeness (QED) is 0.816. The van der Waals surface area contributed by atoms with Crippen LogP contribution in [-0.4, -0.2) is 35.6 Å². The van der Waals surface area contributed by atoms with Crippen LogP contribution in [0.4, 0.5) is 16.2 Å². The number of amides is 2. The molecule has 0 saturated heterocycles. The molecule has 122 valence electrons. The van der Waals surface area contributed by atoms with Crippen LogP contribution < -0.4 is 11.1 Å². The van der Waals surface area contributed by atoms with Crippen molar-refractivity contribution in [2.24, 2.45) is 0 Å². The number of hydrogen-bond acceptors (Lipinski definition) is 5. The van der Waals surface area contributed by atoms with E-state index in [4.69, 9.17) is 15.7 Å². The Morgan fingerprint density at radius 1 is 1.46 bits per heavy atom. The Kier molecular flexibility index (Phi) is 3.62. The minimum atomic E-state index is -0.628. The molecule has 1 aliphatic heterocycles. The lowest BCUT2D eigenvalue weighted by Crippen LogP contribution is -2.35. The van der Waals surface area contributed by atoms with E-state index in [-0.39, 0.29) is 23.0 Å². The second-order valence-corrected chi connectivity index (χ2v) is 5.41. The lowest BCUT2D eigenvalue weighted by atomic mass is 10.1. The number of fused-ring (bicyclic) bond motifs is 1. The van der Waals surface area contributed by atoms with Gasteiger partial charge in [-0.25, -0.2) is 9.59 Å². The van der Waals surface area contributed by atoms with Crippen molar-refractivity contribution in [1.29, 1.82) is 5.26 Å². The zero-order chi connectivity index (χ0) is 17.4. The molecule has 2 aromatic rings. The summed E-state index contributed by atoms with van der Waals surface area (Å²) >= 11 is 0. The molecule has 3 N–H and O–H groups in total. The van der Waals surface area contributed by atoms with Crippen LogP contribution in [0.3, 0.4) is 0 Å². The molecule has 2 amide bonds. The highest BCUT2D eigenvalue weighted by atomic mass is 16.5. The van der Waals surface area contributed by atoms with Gasteiger partial charge in [0.1, 0.15) is 6.07 Å². The molecule has 0 spiro atoms. The Labute approximate surface area is 138 Å². The van der Waals surface area contributed by atoms with Crippen molar-refractivity contribution in [3.05, 3.63) is 41.2 Å². The molecule has 0 saturated carbocycles. The number of carbonyl (C=O) groups is 2. The van der Waals surface area contributed by atoms with Crippen LogP contribution in [-0.2, 0) is 11.3 Å². The first-order valence-corrected chi connectivity index (χ1v) is 7.11. The van der Waals surface area contributed by atoms with Crippen LogP contribution in [0.5, 0.6) is 0 Å². The Hall–Kier alpha value is -3.47. The van der Waals surface area contributed by atoms with Crippen molar-refractivity contribution in [3.8, 4) is 11.8 Å². The fraction of sp³-hybridized carbons (Fsp3) is 0.188. The summed E-state index contributed by atoms with van der Waals surface area (Å²) in [6.07, 6.45) is 1.49. The van der Waals surface area contributed by atoms with Crippen LogP contribution in [0.2, 0.25) is 0 Å². The summed E-state index contributed by atoms with van der Waals surface area (Å²) < 4.78 is 6.29. The molecule has 8 nitrogen and oxygen atoms in total. The van der Waals surface area contributed by atoms with Crippen LogP contribution in [0, 0.1) is 11.3 Å². The predicted molar refractivity (Wildman–Crippen MR) is 86.7 cm³/mol. The number of anilines is 2. The molecule has 1 aromatic carbocycles. The van der Waals surface area contributed by atoms with E-state index in [0.717, 1.165) is 5.56 Å². The number of rotatable bonds is 2. The number of benzene rings is 1. The minimum Gasteiger partial charge on any atom is -0.464 e. The van der Waals surface area contributed by atoms with Crippen LogP contribution >= 0.6 is 0 Å². The molecular weight excluding hydrogens is 310 g/mol. The maximum absolute atomic E-state index is 12.0. The molecule has 8 heteroatoms. The zero-order valence-electron chi connectivity index (χ0n) is 13.2. The molecule has 1 aliphatic rings. The fourth-order valence-corrected chi connectivity index (χ4v) is 2.64. The highest BCUT2D eigenvalue weighted by molar-refractivity contribution is 5.96. The van der Waals surface area contributed by atoms with Crippen molar-refractivity contribution in [2.45, 2.75) is 6.54 Å². The molecule has 24 heavy (non-hydrogen) atoms. The summed E-state index contributed by atoms with van der Waals surface area (Å²) in [6, 6.07) is 7.10. The highest BCUT2D eigenvalue weighted by Gasteiger charge is 2.24. The van der Waals surface area contributed by atoms with E-state index in [2.05, 4.69) is 5.32 Å². The number of carbonyl (C=O) groups excluding carboxylic acids is 2. The summed E-state index contributed by atoms with van der Waals surface area (Å²) in [6.45, 7) is 0.435. The summed E-state index contributed by atoms with van der Waals surface area (Å²) in [4.78, 5) is 25.3. The predicted octanol–water partition coefficient (Wildman–Crippen LogP) is 1.70. The van der Waals surface area contributed by atoms with Gasteiger partial charge in [-0.3, -0.25) is 0 Å². The van der Waals surface area contributed by atoms with Gasteiger partial charge in [-0.05, 0) is 23.8 Å². The van der Waals surface area contributed by atoms with Gasteiger partial charge in [-0.1, -0.05) is 0 Å². The van der Waals surface area contributed by atoms with Gasteiger partial charge in [-0.2, -0.15) is 5.26 Å². The lowest BCUT2D eigenvalue weighted by molar-refractivity contribution is 0.0593. The number of urea groups is 1. The smallest absolute Gasteiger partial charge is 0.357 e. The van der Waals surface area contributed by atoms with Crippen molar-refractivity contribution in [2.75, 3.05) is 25.2 Å². The minimum absolute atomic E-state index is 0.0764. The van der Waals surface area contributed by atoms with Crippen molar-refractivity contribution < 1.29 is 14.3 Å². The van der Waals surface area contributed by atoms with E-state index in [0.29, 0.717) is 17.9 Å². The highest BCUT2D eigenvalue weighted by Crippen LogP contribution is 2.29. The van der Waals surface area contributed by atoms with Gasteiger partial charge >= 0.3 is 12.0 Å². The summed E-state index contributed by atoms with van der Waals surface area (Å²) in [7, 11) is 2.94. The average molecular weight is 325 g/mol. The topological polar surface area (TPSA) is 113 Å². The molecule has 2 heterocycles. The fourth-order valence-electron chi connectivity index (χ4n) is 2.64. The first-order chi connectivity index (χ1) is 11.5. The van der Waals surface area contributed by atoms with Crippen LogP contribution in [0.15, 0.2) is 24.4 Å². The van der Waals surface area contributed by atoms with Gasteiger partial charge in [0.25, 0.3) is 0 Å². The Morgan fingerprint density at radius 2 is 2.21 bits per heavy atom.